The summed E-state index contributed by atoms with van der Waals surface area (Å²) in [5, 5.41) is 10.4. The summed E-state index contributed by atoms with van der Waals surface area (Å²) in [6.07, 6.45) is 4.02. The highest BCUT2D eigenvalue weighted by Gasteiger charge is 2.22. The van der Waals surface area contributed by atoms with Crippen LogP contribution in [0.1, 0.15) is 18.1 Å². The van der Waals surface area contributed by atoms with Gasteiger partial charge < -0.3 is 5.11 Å². The van der Waals surface area contributed by atoms with Crippen molar-refractivity contribution < 1.29 is 5.11 Å². The molecule has 1 heterocycles. The van der Waals surface area contributed by atoms with E-state index in [1.54, 1.807) is 12.4 Å². The molecule has 0 bridgehead atoms. The topological polar surface area (TPSA) is 33.1 Å². The quantitative estimate of drug-likeness (QED) is 0.907. The summed E-state index contributed by atoms with van der Waals surface area (Å²) in [4.78, 5) is 3.95. The van der Waals surface area contributed by atoms with Gasteiger partial charge in [-0.05, 0) is 30.2 Å². The molecule has 2 rings (SSSR count). The molecule has 1 aromatic heterocycles. The van der Waals surface area contributed by atoms with Gasteiger partial charge in [0.05, 0.1) is 5.60 Å². The first-order valence-electron chi connectivity index (χ1n) is 5.35. The maximum absolute atomic E-state index is 10.4. The van der Waals surface area contributed by atoms with E-state index in [0.717, 1.165) is 11.1 Å². The highest BCUT2D eigenvalue weighted by molar-refractivity contribution is 5.85. The third kappa shape index (κ3) is 3.55. The van der Waals surface area contributed by atoms with Crippen molar-refractivity contribution in [3.63, 3.8) is 0 Å². The van der Waals surface area contributed by atoms with Gasteiger partial charge in [0.15, 0.2) is 0 Å². The minimum atomic E-state index is -0.843. The van der Waals surface area contributed by atoms with Crippen molar-refractivity contribution in [2.75, 3.05) is 0 Å². The van der Waals surface area contributed by atoms with E-state index in [1.165, 1.54) is 0 Å². The molecule has 0 aliphatic heterocycles. The lowest BCUT2D eigenvalue weighted by molar-refractivity contribution is 0.0575. The van der Waals surface area contributed by atoms with Crippen LogP contribution in [0.4, 0.5) is 0 Å². The third-order valence-electron chi connectivity index (χ3n) is 2.69. The van der Waals surface area contributed by atoms with Crippen LogP contribution in [0.15, 0.2) is 54.9 Å². The average Bonchev–Trinajstić information content (AvgIpc) is 2.31. The number of hydrogen-bond donors (Lipinski definition) is 1. The molecule has 0 radical (unpaired) electrons. The number of pyridine rings is 1. The minimum absolute atomic E-state index is 0. The fourth-order valence-electron chi connectivity index (χ4n) is 1.81. The van der Waals surface area contributed by atoms with Crippen LogP contribution < -0.4 is 0 Å². The number of aliphatic hydroxyl groups is 1. The molecule has 1 atom stereocenters. The molecule has 0 aliphatic carbocycles. The van der Waals surface area contributed by atoms with Gasteiger partial charge in [0.25, 0.3) is 0 Å². The van der Waals surface area contributed by atoms with E-state index in [0.29, 0.717) is 6.42 Å². The number of rotatable bonds is 3. The fraction of sp³-hybridized carbons (Fsp3) is 0.214. The number of aromatic nitrogens is 1. The van der Waals surface area contributed by atoms with Crippen LogP contribution in [0, 0.1) is 0 Å². The molecule has 0 amide bonds. The van der Waals surface area contributed by atoms with Crippen molar-refractivity contribution in [1.82, 2.24) is 4.98 Å². The smallest absolute Gasteiger partial charge is 0.0909 e. The maximum atomic E-state index is 10.4. The minimum Gasteiger partial charge on any atom is -0.385 e. The molecular formula is C14H16ClNO. The van der Waals surface area contributed by atoms with Crippen molar-refractivity contribution in [3.8, 4) is 0 Å². The van der Waals surface area contributed by atoms with Gasteiger partial charge in [-0.1, -0.05) is 30.3 Å². The highest BCUT2D eigenvalue weighted by Crippen LogP contribution is 2.24. The van der Waals surface area contributed by atoms with Crippen LogP contribution in [-0.2, 0) is 12.0 Å². The second-order valence-electron chi connectivity index (χ2n) is 4.17. The number of benzene rings is 1. The van der Waals surface area contributed by atoms with Crippen molar-refractivity contribution in [2.24, 2.45) is 0 Å². The van der Waals surface area contributed by atoms with Gasteiger partial charge in [-0.3, -0.25) is 4.98 Å². The Bertz CT molecular complexity index is 442. The van der Waals surface area contributed by atoms with Crippen LogP contribution in [0.2, 0.25) is 0 Å². The number of halogens is 1. The van der Waals surface area contributed by atoms with Crippen LogP contribution in [-0.4, -0.2) is 10.1 Å². The molecule has 2 aromatic rings. The molecular weight excluding hydrogens is 234 g/mol. The van der Waals surface area contributed by atoms with Gasteiger partial charge in [-0.25, -0.2) is 0 Å². The van der Waals surface area contributed by atoms with E-state index in [1.807, 2.05) is 49.4 Å². The van der Waals surface area contributed by atoms with Gasteiger partial charge in [-0.15, -0.1) is 12.4 Å². The summed E-state index contributed by atoms with van der Waals surface area (Å²) >= 11 is 0. The molecule has 0 aliphatic rings. The fourth-order valence-corrected chi connectivity index (χ4v) is 1.81. The first kappa shape index (κ1) is 13.7. The van der Waals surface area contributed by atoms with Crippen LogP contribution in [0.25, 0.3) is 0 Å². The monoisotopic (exact) mass is 249 g/mol. The molecule has 1 aromatic carbocycles. The predicted octanol–water partition coefficient (Wildman–Crippen LogP) is 2.95. The molecule has 0 spiro atoms. The summed E-state index contributed by atoms with van der Waals surface area (Å²) in [6.45, 7) is 1.83. The summed E-state index contributed by atoms with van der Waals surface area (Å²) in [5.41, 5.74) is 1.18. The zero-order valence-electron chi connectivity index (χ0n) is 9.71. The standard InChI is InChI=1S/C14H15NO.ClH/c1-14(16,13-7-9-15-10-8-13)11-12-5-3-2-4-6-12;/h2-10,16H,11H2,1H3;1H. The normalized spacial score (nSPS) is 13.5. The SMILES string of the molecule is CC(O)(Cc1ccccc1)c1ccncc1.Cl. The van der Waals surface area contributed by atoms with Crippen molar-refractivity contribution in [2.45, 2.75) is 18.9 Å². The Morgan fingerprint density at radius 3 is 2.24 bits per heavy atom. The Labute approximate surface area is 108 Å². The Kier molecular flexibility index (Phi) is 4.67. The summed E-state index contributed by atoms with van der Waals surface area (Å²) in [7, 11) is 0. The second-order valence-corrected chi connectivity index (χ2v) is 4.17. The van der Waals surface area contributed by atoms with Crippen molar-refractivity contribution in [3.05, 3.63) is 66.0 Å². The summed E-state index contributed by atoms with van der Waals surface area (Å²) < 4.78 is 0. The number of hydrogen-bond acceptors (Lipinski definition) is 2. The molecule has 3 heteroatoms. The largest absolute Gasteiger partial charge is 0.385 e. The van der Waals surface area contributed by atoms with E-state index >= 15 is 0 Å². The van der Waals surface area contributed by atoms with Gasteiger partial charge in [0.1, 0.15) is 0 Å². The first-order chi connectivity index (χ1) is 7.68. The van der Waals surface area contributed by atoms with E-state index in [-0.39, 0.29) is 12.4 Å². The van der Waals surface area contributed by atoms with Crippen LogP contribution in [0.5, 0.6) is 0 Å². The third-order valence-corrected chi connectivity index (χ3v) is 2.69. The van der Waals surface area contributed by atoms with Gasteiger partial charge in [-0.2, -0.15) is 0 Å². The lowest BCUT2D eigenvalue weighted by atomic mass is 9.90. The molecule has 90 valence electrons. The lowest BCUT2D eigenvalue weighted by Crippen LogP contribution is -2.24. The Hall–Kier alpha value is -1.38. The lowest BCUT2D eigenvalue weighted by Gasteiger charge is -2.23. The molecule has 0 saturated heterocycles. The zero-order chi connectivity index (χ0) is 11.4. The van der Waals surface area contributed by atoms with E-state index in [2.05, 4.69) is 4.98 Å². The van der Waals surface area contributed by atoms with E-state index in [9.17, 15) is 5.11 Å². The molecule has 2 nitrogen and oxygen atoms in total. The number of nitrogens with zero attached hydrogens (tertiary/aromatic N) is 1. The van der Waals surface area contributed by atoms with E-state index in [4.69, 9.17) is 0 Å². The molecule has 0 saturated carbocycles. The van der Waals surface area contributed by atoms with E-state index < -0.39 is 5.60 Å². The Balaban J connectivity index is 0.00000144. The van der Waals surface area contributed by atoms with Crippen LogP contribution >= 0.6 is 12.4 Å². The first-order valence-corrected chi connectivity index (χ1v) is 5.35. The van der Waals surface area contributed by atoms with Crippen molar-refractivity contribution in [1.29, 1.82) is 0 Å². The predicted molar refractivity (Wildman–Crippen MR) is 71.2 cm³/mol. The summed E-state index contributed by atoms with van der Waals surface area (Å²) in [5.74, 6) is 0. The van der Waals surface area contributed by atoms with Gasteiger partial charge in [0.2, 0.25) is 0 Å². The second kappa shape index (κ2) is 5.80. The van der Waals surface area contributed by atoms with Crippen molar-refractivity contribution >= 4 is 12.4 Å². The Morgan fingerprint density at radius 1 is 1.06 bits per heavy atom. The van der Waals surface area contributed by atoms with Crippen LogP contribution in [0.3, 0.4) is 0 Å². The van der Waals surface area contributed by atoms with Gasteiger partial charge in [0, 0.05) is 18.8 Å². The van der Waals surface area contributed by atoms with Gasteiger partial charge >= 0.3 is 0 Å². The molecule has 1 unspecified atom stereocenters. The molecule has 0 fully saturated rings. The molecule has 1 N–H and O–H groups in total. The Morgan fingerprint density at radius 2 is 1.65 bits per heavy atom. The summed E-state index contributed by atoms with van der Waals surface area (Å²) in [6, 6.07) is 13.7. The molecule has 17 heavy (non-hydrogen) atoms. The zero-order valence-corrected chi connectivity index (χ0v) is 10.5. The highest BCUT2D eigenvalue weighted by atomic mass is 35.5. The maximum Gasteiger partial charge on any atom is 0.0909 e. The average molecular weight is 250 g/mol.